The number of benzene rings is 4. The van der Waals surface area contributed by atoms with Gasteiger partial charge in [-0.05, 0) is 194 Å². The Morgan fingerprint density at radius 2 is 1.07 bits per heavy atom. The second-order valence-electron chi connectivity index (χ2n) is 19.4. The Bertz CT molecular complexity index is 1790. The van der Waals surface area contributed by atoms with E-state index in [9.17, 15) is 0 Å². The highest BCUT2D eigenvalue weighted by Gasteiger charge is 2.62. The van der Waals surface area contributed by atoms with E-state index in [1.165, 1.54) is 81.8 Å². The minimum absolute atomic E-state index is 0.0659. The van der Waals surface area contributed by atoms with E-state index in [2.05, 4.69) is 83.1 Å². The molecule has 0 heterocycles. The van der Waals surface area contributed by atoms with Gasteiger partial charge in [-0.2, -0.15) is 0 Å². The number of nitrogen functional groups attached to an aromatic ring is 2. The molecule has 0 bridgehead atoms. The highest BCUT2D eigenvalue weighted by atomic mass is 16.5. The summed E-state index contributed by atoms with van der Waals surface area (Å²) in [6.45, 7) is 12.8. The van der Waals surface area contributed by atoms with Crippen LogP contribution in [0, 0.1) is 52.3 Å². The maximum absolute atomic E-state index is 6.27. The second-order valence-corrected chi connectivity index (χ2v) is 19.4. The first-order valence-corrected chi connectivity index (χ1v) is 21.7. The van der Waals surface area contributed by atoms with Crippen LogP contribution in [0.3, 0.4) is 0 Å². The van der Waals surface area contributed by atoms with Crippen molar-refractivity contribution in [3.8, 4) is 23.0 Å². The molecule has 4 aromatic rings. The summed E-state index contributed by atoms with van der Waals surface area (Å²) in [6.07, 6.45) is 16.4. The standard InChI is InChI=1S/C51H66N2O2/c1-34(2)7-6-8-35(3)46-27-28-47-45-26-13-38-33-51(32-31-49(38,4)48(45)29-30-50(46,47)5,36-9-18-41(19-10-36)54-43-22-14-39(52)15-23-43)37-11-20-42(21-12-37)55-44-24-16-40(53)17-25-44/h9-12,14-25,34-35,38,45-48H,6-8,13,26-33,52-53H2,1-5H3/t35-,38?,45+,46-,47+,48+,49+,50-/m1/s1. The summed E-state index contributed by atoms with van der Waals surface area (Å²) in [4.78, 5) is 0. The van der Waals surface area contributed by atoms with Gasteiger partial charge < -0.3 is 20.9 Å². The van der Waals surface area contributed by atoms with Gasteiger partial charge in [0.2, 0.25) is 0 Å². The molecule has 55 heavy (non-hydrogen) atoms. The van der Waals surface area contributed by atoms with E-state index in [-0.39, 0.29) is 5.41 Å². The van der Waals surface area contributed by atoms with E-state index in [0.29, 0.717) is 16.7 Å². The minimum atomic E-state index is -0.0659. The van der Waals surface area contributed by atoms with Crippen molar-refractivity contribution < 1.29 is 9.47 Å². The molecule has 4 aromatic carbocycles. The average Bonchev–Trinajstić information content (AvgIpc) is 3.54. The number of rotatable bonds is 11. The van der Waals surface area contributed by atoms with Crippen molar-refractivity contribution in [1.29, 1.82) is 0 Å². The quantitative estimate of drug-likeness (QED) is 0.150. The molecule has 0 aliphatic heterocycles. The lowest BCUT2D eigenvalue weighted by Crippen LogP contribution is -2.55. The number of ether oxygens (including phenoxy) is 2. The van der Waals surface area contributed by atoms with Crippen molar-refractivity contribution >= 4 is 11.4 Å². The van der Waals surface area contributed by atoms with E-state index in [0.717, 1.165) is 76.3 Å². The molecule has 8 rings (SSSR count). The number of nitrogens with two attached hydrogens (primary N) is 2. The van der Waals surface area contributed by atoms with Crippen LogP contribution in [0.2, 0.25) is 0 Å². The zero-order chi connectivity index (χ0) is 38.4. The molecule has 0 saturated heterocycles. The van der Waals surface area contributed by atoms with Crippen molar-refractivity contribution in [2.75, 3.05) is 11.5 Å². The van der Waals surface area contributed by atoms with E-state index < -0.39 is 0 Å². The third kappa shape index (κ3) is 7.28. The van der Waals surface area contributed by atoms with Gasteiger partial charge in [-0.25, -0.2) is 0 Å². The topological polar surface area (TPSA) is 70.5 Å². The van der Waals surface area contributed by atoms with Crippen LogP contribution in [0.15, 0.2) is 97.1 Å². The first-order valence-electron chi connectivity index (χ1n) is 21.7. The molecule has 4 N–H and O–H groups in total. The zero-order valence-electron chi connectivity index (χ0n) is 34.2. The van der Waals surface area contributed by atoms with Crippen LogP contribution in [-0.2, 0) is 5.41 Å². The van der Waals surface area contributed by atoms with Crippen LogP contribution >= 0.6 is 0 Å². The summed E-state index contributed by atoms with van der Waals surface area (Å²) in [5.74, 6) is 9.27. The molecular weight excluding hydrogens is 673 g/mol. The highest BCUT2D eigenvalue weighted by molar-refractivity contribution is 5.48. The third-order valence-electron chi connectivity index (χ3n) is 16.0. The SMILES string of the molecule is CC(C)CCC[C@@H](C)[C@H]1CC[C@H]2[C@@H]3CCC4CC(c5ccc(Oc6ccc(N)cc6)cc5)(c5ccc(Oc6ccc(N)cc6)cc5)CC[C@]4(C)[C@H]3CC[C@]12C. The van der Waals surface area contributed by atoms with Gasteiger partial charge in [-0.3, -0.25) is 0 Å². The molecule has 8 atom stereocenters. The molecular formula is C51H66N2O2. The fourth-order valence-corrected chi connectivity index (χ4v) is 13.0. The molecule has 4 saturated carbocycles. The summed E-state index contributed by atoms with van der Waals surface area (Å²) < 4.78 is 12.5. The Morgan fingerprint density at radius 1 is 0.564 bits per heavy atom. The number of hydrogen-bond acceptors (Lipinski definition) is 4. The van der Waals surface area contributed by atoms with Gasteiger partial charge >= 0.3 is 0 Å². The van der Waals surface area contributed by atoms with Crippen LogP contribution in [-0.4, -0.2) is 0 Å². The fraction of sp³-hybridized carbons (Fsp3) is 0.529. The minimum Gasteiger partial charge on any atom is -0.457 e. The Labute approximate surface area is 331 Å². The lowest BCUT2D eigenvalue weighted by Gasteiger charge is -2.63. The molecule has 0 spiro atoms. The fourth-order valence-electron chi connectivity index (χ4n) is 13.0. The van der Waals surface area contributed by atoms with Crippen molar-refractivity contribution in [3.63, 3.8) is 0 Å². The van der Waals surface area contributed by atoms with E-state index in [4.69, 9.17) is 20.9 Å². The molecule has 4 aliphatic carbocycles. The highest BCUT2D eigenvalue weighted by Crippen LogP contribution is 2.70. The van der Waals surface area contributed by atoms with Gasteiger partial charge in [0.25, 0.3) is 0 Å². The second kappa shape index (κ2) is 15.2. The Morgan fingerprint density at radius 3 is 1.60 bits per heavy atom. The molecule has 0 aromatic heterocycles. The van der Waals surface area contributed by atoms with Gasteiger partial charge in [-0.1, -0.05) is 78.1 Å². The van der Waals surface area contributed by atoms with Gasteiger partial charge in [0.1, 0.15) is 23.0 Å². The molecule has 4 heteroatoms. The Balaban J connectivity index is 1.05. The predicted molar refractivity (Wildman–Crippen MR) is 229 cm³/mol. The first-order chi connectivity index (χ1) is 26.5. The van der Waals surface area contributed by atoms with Crippen molar-refractivity contribution in [3.05, 3.63) is 108 Å². The first kappa shape index (κ1) is 38.0. The van der Waals surface area contributed by atoms with E-state index in [1.54, 1.807) is 0 Å². The number of hydrogen-bond donors (Lipinski definition) is 2. The van der Waals surface area contributed by atoms with Crippen LogP contribution in [0.1, 0.15) is 123 Å². The van der Waals surface area contributed by atoms with Gasteiger partial charge in [-0.15, -0.1) is 0 Å². The largest absolute Gasteiger partial charge is 0.457 e. The molecule has 0 radical (unpaired) electrons. The maximum atomic E-state index is 6.27. The van der Waals surface area contributed by atoms with Crippen LogP contribution in [0.5, 0.6) is 23.0 Å². The monoisotopic (exact) mass is 739 g/mol. The van der Waals surface area contributed by atoms with Crippen LogP contribution in [0.25, 0.3) is 0 Å². The third-order valence-corrected chi connectivity index (χ3v) is 16.0. The normalized spacial score (nSPS) is 30.2. The van der Waals surface area contributed by atoms with Gasteiger partial charge in [0.05, 0.1) is 0 Å². The lowest BCUT2D eigenvalue weighted by atomic mass is 9.42. The predicted octanol–water partition coefficient (Wildman–Crippen LogP) is 13.8. The van der Waals surface area contributed by atoms with Crippen LogP contribution in [0.4, 0.5) is 11.4 Å². The molecule has 4 fully saturated rings. The van der Waals surface area contributed by atoms with Crippen LogP contribution < -0.4 is 20.9 Å². The molecule has 1 unspecified atom stereocenters. The Kier molecular flexibility index (Phi) is 10.5. The average molecular weight is 739 g/mol. The molecule has 292 valence electrons. The molecule has 4 aliphatic rings. The number of fused-ring (bicyclic) bond motifs is 5. The van der Waals surface area contributed by atoms with Crippen molar-refractivity contribution in [2.24, 2.45) is 52.3 Å². The maximum Gasteiger partial charge on any atom is 0.127 e. The van der Waals surface area contributed by atoms with E-state index in [1.807, 2.05) is 48.5 Å². The smallest absolute Gasteiger partial charge is 0.127 e. The summed E-state index contributed by atoms with van der Waals surface area (Å²) in [5.41, 5.74) is 17.0. The molecule has 4 nitrogen and oxygen atoms in total. The zero-order valence-corrected chi connectivity index (χ0v) is 34.2. The summed E-state index contributed by atoms with van der Waals surface area (Å²) in [6, 6.07) is 33.3. The van der Waals surface area contributed by atoms with Crippen molar-refractivity contribution in [1.82, 2.24) is 0 Å². The summed E-state index contributed by atoms with van der Waals surface area (Å²) in [5, 5.41) is 0. The Hall–Kier alpha value is -3.92. The molecule has 0 amide bonds. The van der Waals surface area contributed by atoms with Gasteiger partial charge in [0, 0.05) is 16.8 Å². The summed E-state index contributed by atoms with van der Waals surface area (Å²) in [7, 11) is 0. The van der Waals surface area contributed by atoms with Gasteiger partial charge in [0.15, 0.2) is 0 Å². The summed E-state index contributed by atoms with van der Waals surface area (Å²) >= 11 is 0. The van der Waals surface area contributed by atoms with Crippen molar-refractivity contribution in [2.45, 2.75) is 117 Å². The number of anilines is 2. The van der Waals surface area contributed by atoms with E-state index >= 15 is 0 Å². The lowest BCUT2D eigenvalue weighted by molar-refractivity contribution is -0.122.